The maximum absolute atomic E-state index is 5.72. The van der Waals surface area contributed by atoms with Crippen molar-refractivity contribution in [3.63, 3.8) is 0 Å². The number of aromatic nitrogens is 2. The van der Waals surface area contributed by atoms with Crippen LogP contribution in [-0.4, -0.2) is 16.8 Å². The van der Waals surface area contributed by atoms with Crippen molar-refractivity contribution < 1.29 is 4.42 Å². The van der Waals surface area contributed by atoms with Crippen molar-refractivity contribution in [3.05, 3.63) is 65.9 Å². The number of nitrogens with one attached hydrogen (secondary N) is 1. The molecule has 0 aliphatic heterocycles. The van der Waals surface area contributed by atoms with Crippen LogP contribution in [0.2, 0.25) is 0 Å². The Hall–Kier alpha value is -2.33. The lowest BCUT2D eigenvalue weighted by Gasteiger charge is -1.99. The Morgan fingerprint density at radius 2 is 2.00 bits per heavy atom. The summed E-state index contributed by atoms with van der Waals surface area (Å²) in [7, 11) is 1.91. The Kier molecular flexibility index (Phi) is 3.88. The second kappa shape index (κ2) is 5.97. The van der Waals surface area contributed by atoms with Gasteiger partial charge in [-0.15, -0.1) is 0 Å². The van der Waals surface area contributed by atoms with Gasteiger partial charge >= 0.3 is 0 Å². The van der Waals surface area contributed by atoms with Gasteiger partial charge in [0.05, 0.1) is 19.3 Å². The van der Waals surface area contributed by atoms with Crippen LogP contribution >= 0.6 is 0 Å². The summed E-state index contributed by atoms with van der Waals surface area (Å²) in [6.07, 6.45) is 3.97. The third kappa shape index (κ3) is 3.06. The average molecular weight is 281 g/mol. The summed E-state index contributed by atoms with van der Waals surface area (Å²) in [6.45, 7) is 3.47. The zero-order valence-corrected chi connectivity index (χ0v) is 12.3. The SMILES string of the molecule is CNCc1cc(Cn2cc(-c3ccccc3)cn2)c(C)o1. The van der Waals surface area contributed by atoms with Crippen molar-refractivity contribution in [1.82, 2.24) is 15.1 Å². The maximum Gasteiger partial charge on any atom is 0.118 e. The zero-order chi connectivity index (χ0) is 14.7. The van der Waals surface area contributed by atoms with Gasteiger partial charge in [0.2, 0.25) is 0 Å². The molecule has 0 amide bonds. The summed E-state index contributed by atoms with van der Waals surface area (Å²) in [6, 6.07) is 12.4. The minimum Gasteiger partial charge on any atom is -0.465 e. The molecule has 2 heterocycles. The molecule has 4 nitrogen and oxygen atoms in total. The van der Waals surface area contributed by atoms with Crippen molar-refractivity contribution in [2.24, 2.45) is 0 Å². The van der Waals surface area contributed by atoms with Gasteiger partial charge in [-0.05, 0) is 25.6 Å². The molecule has 0 unspecified atom stereocenters. The molecule has 2 aromatic heterocycles. The molecule has 0 atom stereocenters. The normalized spacial score (nSPS) is 11.0. The van der Waals surface area contributed by atoms with Crippen molar-refractivity contribution in [2.45, 2.75) is 20.0 Å². The van der Waals surface area contributed by atoms with Gasteiger partial charge < -0.3 is 9.73 Å². The van der Waals surface area contributed by atoms with Crippen LogP contribution < -0.4 is 5.32 Å². The second-order valence-electron chi connectivity index (χ2n) is 5.12. The number of hydrogen-bond donors (Lipinski definition) is 1. The molecule has 1 aromatic carbocycles. The molecule has 21 heavy (non-hydrogen) atoms. The molecule has 0 aliphatic carbocycles. The molecule has 0 saturated carbocycles. The molecule has 0 aliphatic rings. The first-order chi connectivity index (χ1) is 10.3. The van der Waals surface area contributed by atoms with Crippen LogP contribution in [0.5, 0.6) is 0 Å². The highest BCUT2D eigenvalue weighted by Gasteiger charge is 2.09. The van der Waals surface area contributed by atoms with Crippen LogP contribution in [-0.2, 0) is 13.1 Å². The summed E-state index contributed by atoms with van der Waals surface area (Å²) in [4.78, 5) is 0. The summed E-state index contributed by atoms with van der Waals surface area (Å²) in [5.41, 5.74) is 3.48. The molecule has 0 radical (unpaired) electrons. The quantitative estimate of drug-likeness (QED) is 0.781. The third-order valence-electron chi connectivity index (χ3n) is 3.50. The Bertz CT molecular complexity index is 713. The van der Waals surface area contributed by atoms with Crippen LogP contribution in [0, 0.1) is 6.92 Å². The van der Waals surface area contributed by atoms with E-state index in [1.807, 2.05) is 43.0 Å². The molecule has 0 spiro atoms. The minimum atomic E-state index is 0.728. The Morgan fingerprint density at radius 3 is 2.76 bits per heavy atom. The van der Waals surface area contributed by atoms with E-state index in [2.05, 4.69) is 34.8 Å². The van der Waals surface area contributed by atoms with Crippen LogP contribution in [0.4, 0.5) is 0 Å². The summed E-state index contributed by atoms with van der Waals surface area (Å²) in [5, 5.41) is 7.54. The topological polar surface area (TPSA) is 43.0 Å². The average Bonchev–Trinajstić information content (AvgIpc) is 3.09. The van der Waals surface area contributed by atoms with Crippen molar-refractivity contribution in [3.8, 4) is 11.1 Å². The molecule has 108 valence electrons. The lowest BCUT2D eigenvalue weighted by atomic mass is 10.1. The van der Waals surface area contributed by atoms with E-state index in [0.29, 0.717) is 0 Å². The molecular weight excluding hydrogens is 262 g/mol. The van der Waals surface area contributed by atoms with Gasteiger partial charge in [-0.25, -0.2) is 0 Å². The van der Waals surface area contributed by atoms with E-state index >= 15 is 0 Å². The first-order valence-corrected chi connectivity index (χ1v) is 7.07. The van der Waals surface area contributed by atoms with Gasteiger partial charge in [-0.3, -0.25) is 4.68 Å². The van der Waals surface area contributed by atoms with E-state index in [1.54, 1.807) is 0 Å². The van der Waals surface area contributed by atoms with Gasteiger partial charge in [0.1, 0.15) is 11.5 Å². The second-order valence-corrected chi connectivity index (χ2v) is 5.12. The lowest BCUT2D eigenvalue weighted by Crippen LogP contribution is -2.03. The Balaban J connectivity index is 1.78. The monoisotopic (exact) mass is 281 g/mol. The molecule has 0 bridgehead atoms. The summed E-state index contributed by atoms with van der Waals surface area (Å²) >= 11 is 0. The molecular formula is C17H19N3O. The highest BCUT2D eigenvalue weighted by Crippen LogP contribution is 2.20. The van der Waals surface area contributed by atoms with Gasteiger partial charge in [0.15, 0.2) is 0 Å². The predicted molar refractivity (Wildman–Crippen MR) is 83.0 cm³/mol. The van der Waals surface area contributed by atoms with Crippen molar-refractivity contribution in [1.29, 1.82) is 0 Å². The zero-order valence-electron chi connectivity index (χ0n) is 12.3. The Morgan fingerprint density at radius 1 is 1.19 bits per heavy atom. The highest BCUT2D eigenvalue weighted by molar-refractivity contribution is 5.61. The van der Waals surface area contributed by atoms with E-state index in [0.717, 1.165) is 30.2 Å². The molecule has 1 N–H and O–H groups in total. The lowest BCUT2D eigenvalue weighted by molar-refractivity contribution is 0.468. The molecule has 3 rings (SSSR count). The highest BCUT2D eigenvalue weighted by atomic mass is 16.3. The van der Waals surface area contributed by atoms with Gasteiger partial charge in [0.25, 0.3) is 0 Å². The number of rotatable bonds is 5. The van der Waals surface area contributed by atoms with E-state index in [4.69, 9.17) is 4.42 Å². The van der Waals surface area contributed by atoms with E-state index in [1.165, 1.54) is 11.1 Å². The molecule has 0 fully saturated rings. The van der Waals surface area contributed by atoms with E-state index in [9.17, 15) is 0 Å². The first kappa shape index (κ1) is 13.6. The summed E-state index contributed by atoms with van der Waals surface area (Å²) in [5.74, 6) is 1.91. The number of nitrogens with zero attached hydrogens (tertiary/aromatic N) is 2. The van der Waals surface area contributed by atoms with E-state index in [-0.39, 0.29) is 0 Å². The predicted octanol–water partition coefficient (Wildman–Crippen LogP) is 3.22. The number of hydrogen-bond acceptors (Lipinski definition) is 3. The fraction of sp³-hybridized carbons (Fsp3) is 0.235. The van der Waals surface area contributed by atoms with Gasteiger partial charge in [0, 0.05) is 17.3 Å². The minimum absolute atomic E-state index is 0.728. The van der Waals surface area contributed by atoms with Crippen LogP contribution in [0.15, 0.2) is 53.2 Å². The fourth-order valence-electron chi connectivity index (χ4n) is 2.41. The number of aryl methyl sites for hydroxylation is 1. The standard InChI is InChI=1S/C17H19N3O/c1-13-15(8-17(21-13)10-18-2)11-20-12-16(9-19-20)14-6-4-3-5-7-14/h3-9,12,18H,10-11H2,1-2H3. The smallest absolute Gasteiger partial charge is 0.118 e. The summed E-state index contributed by atoms with van der Waals surface area (Å²) < 4.78 is 7.66. The van der Waals surface area contributed by atoms with Crippen LogP contribution in [0.25, 0.3) is 11.1 Å². The van der Waals surface area contributed by atoms with Gasteiger partial charge in [-0.2, -0.15) is 5.10 Å². The van der Waals surface area contributed by atoms with Crippen LogP contribution in [0.3, 0.4) is 0 Å². The van der Waals surface area contributed by atoms with Crippen molar-refractivity contribution >= 4 is 0 Å². The first-order valence-electron chi connectivity index (χ1n) is 7.07. The number of furan rings is 1. The molecule has 4 heteroatoms. The van der Waals surface area contributed by atoms with Crippen LogP contribution in [0.1, 0.15) is 17.1 Å². The number of benzene rings is 1. The molecule has 3 aromatic rings. The maximum atomic E-state index is 5.72. The van der Waals surface area contributed by atoms with E-state index < -0.39 is 0 Å². The Labute approximate surface area is 124 Å². The van der Waals surface area contributed by atoms with Gasteiger partial charge in [-0.1, -0.05) is 30.3 Å². The largest absolute Gasteiger partial charge is 0.465 e. The fourth-order valence-corrected chi connectivity index (χ4v) is 2.41. The third-order valence-corrected chi connectivity index (χ3v) is 3.50. The molecule has 0 saturated heterocycles. The van der Waals surface area contributed by atoms with Crippen molar-refractivity contribution in [2.75, 3.05) is 7.05 Å².